The van der Waals surface area contributed by atoms with Crippen LogP contribution in [0, 0.1) is 0 Å². The van der Waals surface area contributed by atoms with Crippen LogP contribution in [0.3, 0.4) is 0 Å². The fraction of sp³-hybridized carbons (Fsp3) is 0.333. The molecule has 13 heteroatoms. The van der Waals surface area contributed by atoms with Gasteiger partial charge < -0.3 is 31.9 Å². The number of aliphatic hydroxyl groups is 2. The van der Waals surface area contributed by atoms with E-state index in [4.69, 9.17) is 30.0 Å². The van der Waals surface area contributed by atoms with Crippen LogP contribution in [0.25, 0.3) is 0 Å². The molecule has 0 heterocycles. The Kier molecular flexibility index (Phi) is 82.2. The van der Waals surface area contributed by atoms with Gasteiger partial charge >= 0.3 is 88.7 Å². The molecule has 0 radical (unpaired) electrons. The first-order chi connectivity index (χ1) is 6.93. The number of hydrogen-bond donors (Lipinski definition) is 6. The molecule has 0 aromatic rings. The van der Waals surface area contributed by atoms with Crippen LogP contribution >= 0.6 is 24.4 Å². The summed E-state index contributed by atoms with van der Waals surface area (Å²) < 4.78 is 0. The zero-order valence-corrected chi connectivity index (χ0v) is 10.2. The Labute approximate surface area is 188 Å². The molecular formula is C6H17N2Na3O6S2. The van der Waals surface area contributed by atoms with Gasteiger partial charge in [-0.2, -0.15) is 0 Å². The van der Waals surface area contributed by atoms with Crippen molar-refractivity contribution in [1.82, 2.24) is 0 Å². The maximum absolute atomic E-state index is 9.00. The second-order valence-electron chi connectivity index (χ2n) is 1.71. The summed E-state index contributed by atoms with van der Waals surface area (Å²) in [5, 5.41) is 29.0. The van der Waals surface area contributed by atoms with Crippen molar-refractivity contribution in [3.8, 4) is 0 Å². The number of nitrogens with two attached hydrogens (primary N) is 2. The number of thiocarbonyl (C=S) groups is 2. The van der Waals surface area contributed by atoms with Crippen LogP contribution < -0.4 is 11.5 Å². The van der Waals surface area contributed by atoms with Crippen molar-refractivity contribution in [2.75, 3.05) is 0 Å². The predicted octanol–water partition coefficient (Wildman–Crippen LogP) is -2.19. The van der Waals surface area contributed by atoms with Gasteiger partial charge in [0.1, 0.15) is 0 Å². The standard InChI is InChI=1S/2C2H4O2.2CH3NOS.3Na.3H/c2*1-2(3)4;2*2-1(3)4;;;;;;/h2*1H3,(H,3,4);2*(H3,2,3,4);;;;;;. The first-order valence-corrected chi connectivity index (χ1v) is 4.10. The second kappa shape index (κ2) is 36.5. The van der Waals surface area contributed by atoms with Gasteiger partial charge in [0.25, 0.3) is 22.3 Å². The molecule has 0 rings (SSSR count). The van der Waals surface area contributed by atoms with Crippen LogP contribution in [-0.4, -0.2) is 131 Å². The molecule has 8 nitrogen and oxygen atoms in total. The summed E-state index contributed by atoms with van der Waals surface area (Å²) in [4.78, 5) is 18.0. The number of aliphatic carboxylic acids is 2. The quantitative estimate of drug-likeness (QED) is 0.209. The third kappa shape index (κ3) is 3330. The van der Waals surface area contributed by atoms with E-state index in [1.807, 2.05) is 0 Å². The van der Waals surface area contributed by atoms with Gasteiger partial charge in [-0.15, -0.1) is 0 Å². The molecule has 0 unspecified atom stereocenters. The molecule has 0 aromatic carbocycles. The van der Waals surface area contributed by atoms with Gasteiger partial charge in [-0.05, 0) is 24.4 Å². The van der Waals surface area contributed by atoms with Gasteiger partial charge in [0, 0.05) is 13.8 Å². The number of aliphatic hydroxyl groups excluding tert-OH is 2. The van der Waals surface area contributed by atoms with Crippen LogP contribution in [0.2, 0.25) is 0 Å². The summed E-state index contributed by atoms with van der Waals surface area (Å²) in [5.41, 5.74) is 8.80. The molecule has 0 aliphatic carbocycles. The van der Waals surface area contributed by atoms with E-state index in [9.17, 15) is 0 Å². The third-order valence-electron chi connectivity index (χ3n) is 0. The molecule has 19 heavy (non-hydrogen) atoms. The molecule has 0 aromatic heterocycles. The fourth-order valence-corrected chi connectivity index (χ4v) is 0. The third-order valence-corrected chi connectivity index (χ3v) is 0. The van der Waals surface area contributed by atoms with E-state index < -0.39 is 22.3 Å². The van der Waals surface area contributed by atoms with Crippen molar-refractivity contribution >= 4 is 135 Å². The number of hydrogen-bond acceptors (Lipinski definition) is 4. The van der Waals surface area contributed by atoms with Crippen molar-refractivity contribution in [1.29, 1.82) is 0 Å². The van der Waals surface area contributed by atoms with Crippen LogP contribution in [0.5, 0.6) is 0 Å². The van der Waals surface area contributed by atoms with Crippen molar-refractivity contribution in [3.05, 3.63) is 0 Å². The van der Waals surface area contributed by atoms with Crippen LogP contribution in [0.1, 0.15) is 13.8 Å². The van der Waals surface area contributed by atoms with Gasteiger partial charge in [-0.25, -0.2) is 0 Å². The number of carbonyl (C=O) groups is 2. The molecule has 0 bridgehead atoms. The molecule has 102 valence electrons. The normalized spacial score (nSPS) is 5.16. The molecule has 8 N–H and O–H groups in total. The van der Waals surface area contributed by atoms with E-state index in [-0.39, 0.29) is 88.7 Å². The Morgan fingerprint density at radius 3 is 0.737 bits per heavy atom. The van der Waals surface area contributed by atoms with E-state index >= 15 is 0 Å². The average molecular weight is 346 g/mol. The minimum absolute atomic E-state index is 0. The van der Waals surface area contributed by atoms with Gasteiger partial charge in [0.15, 0.2) is 0 Å². The number of rotatable bonds is 0. The molecule has 0 atom stereocenters. The van der Waals surface area contributed by atoms with Crippen molar-refractivity contribution in [2.24, 2.45) is 11.5 Å². The zero-order chi connectivity index (χ0) is 14.3. The van der Waals surface area contributed by atoms with Gasteiger partial charge in [-0.1, -0.05) is 0 Å². The summed E-state index contributed by atoms with van der Waals surface area (Å²) >= 11 is 7.74. The molecule has 0 fully saturated rings. The Morgan fingerprint density at radius 1 is 0.737 bits per heavy atom. The van der Waals surface area contributed by atoms with Crippen LogP contribution in [-0.2, 0) is 9.59 Å². The fourth-order valence-electron chi connectivity index (χ4n) is 0. The minimum atomic E-state index is -0.833. The van der Waals surface area contributed by atoms with Gasteiger partial charge in [0.2, 0.25) is 0 Å². The summed E-state index contributed by atoms with van der Waals surface area (Å²) in [7, 11) is 0. The summed E-state index contributed by atoms with van der Waals surface area (Å²) in [6, 6.07) is 0. The maximum atomic E-state index is 9.00. The number of carboxylic acids is 2. The summed E-state index contributed by atoms with van der Waals surface area (Å²) in [6.07, 6.45) is 0. The van der Waals surface area contributed by atoms with Gasteiger partial charge in [0.05, 0.1) is 0 Å². The van der Waals surface area contributed by atoms with Crippen molar-refractivity contribution in [3.63, 3.8) is 0 Å². The molecule has 0 amide bonds. The topological polar surface area (TPSA) is 167 Å². The average Bonchev–Trinajstić information content (AvgIpc) is 1.76. The molecule has 0 saturated carbocycles. The molecular weight excluding hydrogens is 329 g/mol. The Morgan fingerprint density at radius 2 is 0.737 bits per heavy atom. The van der Waals surface area contributed by atoms with Crippen molar-refractivity contribution < 1.29 is 30.0 Å². The molecule has 0 aliphatic heterocycles. The number of carboxylic acid groups (broad SMARTS) is 2. The summed E-state index contributed by atoms with van der Waals surface area (Å²) in [5.74, 6) is -1.67. The first-order valence-electron chi connectivity index (χ1n) is 3.29. The molecule has 0 aliphatic rings. The predicted molar refractivity (Wildman–Crippen MR) is 86.9 cm³/mol. The Balaban J connectivity index is -0.0000000192. The van der Waals surface area contributed by atoms with E-state index in [0.29, 0.717) is 0 Å². The van der Waals surface area contributed by atoms with Crippen LogP contribution in [0.4, 0.5) is 0 Å². The molecule has 0 spiro atoms. The Hall–Kier alpha value is 1.32. The monoisotopic (exact) mass is 346 g/mol. The van der Waals surface area contributed by atoms with Crippen molar-refractivity contribution in [2.45, 2.75) is 13.8 Å². The van der Waals surface area contributed by atoms with E-state index in [0.717, 1.165) is 13.8 Å². The molecule has 0 saturated heterocycles. The SMILES string of the molecule is CC(=O)O.CC(=O)O.NC(O)=S.NC(O)=S.[NaH].[NaH].[NaH]. The van der Waals surface area contributed by atoms with Crippen LogP contribution in [0.15, 0.2) is 0 Å². The second-order valence-corrected chi connectivity index (χ2v) is 2.55. The van der Waals surface area contributed by atoms with E-state index in [1.165, 1.54) is 0 Å². The summed E-state index contributed by atoms with van der Waals surface area (Å²) in [6.45, 7) is 2.17. The van der Waals surface area contributed by atoms with E-state index in [2.05, 4.69) is 35.9 Å². The van der Waals surface area contributed by atoms with E-state index in [1.54, 1.807) is 0 Å². The zero-order valence-electron chi connectivity index (χ0n) is 8.58. The Bertz CT molecular complexity index is 181. The first kappa shape index (κ1) is 42.7. The van der Waals surface area contributed by atoms with Gasteiger partial charge in [-0.3, -0.25) is 9.59 Å².